The quantitative estimate of drug-likeness (QED) is 0.747. The van der Waals surface area contributed by atoms with Crippen LogP contribution in [0.25, 0.3) is 11.0 Å². The Bertz CT molecular complexity index is 740. The number of hydrogen-bond donors (Lipinski definition) is 2. The molecular weight excluding hydrogens is 328 g/mol. The van der Waals surface area contributed by atoms with Crippen LogP contribution in [0.2, 0.25) is 0 Å². The van der Waals surface area contributed by atoms with E-state index in [1.54, 1.807) is 0 Å². The van der Waals surface area contributed by atoms with Crippen molar-refractivity contribution >= 4 is 22.9 Å². The molecule has 0 bridgehead atoms. The molecular formula is C20H30N4O2. The van der Waals surface area contributed by atoms with Gasteiger partial charge in [0, 0.05) is 26.2 Å². The minimum absolute atomic E-state index is 0.0183. The number of rotatable bonds is 7. The number of aryl methyl sites for hydroxylation is 1. The Morgan fingerprint density at radius 1 is 1.46 bits per heavy atom. The van der Waals surface area contributed by atoms with Crippen molar-refractivity contribution in [2.45, 2.75) is 46.1 Å². The zero-order chi connectivity index (χ0) is 18.5. The summed E-state index contributed by atoms with van der Waals surface area (Å²) >= 11 is 0. The highest BCUT2D eigenvalue weighted by atomic mass is 16.5. The predicted molar refractivity (Wildman–Crippen MR) is 104 cm³/mol. The average molecular weight is 358 g/mol. The van der Waals surface area contributed by atoms with E-state index in [0.717, 1.165) is 42.8 Å². The number of H-pyrrole nitrogens is 1. The lowest BCUT2D eigenvalue weighted by molar-refractivity contribution is -0.125. The van der Waals surface area contributed by atoms with E-state index in [0.29, 0.717) is 19.7 Å². The first-order chi connectivity index (χ1) is 12.5. The molecule has 0 aliphatic carbocycles. The van der Waals surface area contributed by atoms with Crippen molar-refractivity contribution in [3.8, 4) is 0 Å². The average Bonchev–Trinajstić information content (AvgIpc) is 3.04. The topological polar surface area (TPSA) is 70.2 Å². The molecule has 1 aliphatic rings. The summed E-state index contributed by atoms with van der Waals surface area (Å²) in [5, 5.41) is 3.06. The Labute approximate surface area is 155 Å². The highest BCUT2D eigenvalue weighted by Crippen LogP contribution is 2.24. The normalized spacial score (nSPS) is 17.8. The number of piperidine rings is 1. The fraction of sp³-hybridized carbons (Fsp3) is 0.600. The van der Waals surface area contributed by atoms with Crippen LogP contribution in [0.4, 0.5) is 5.95 Å². The summed E-state index contributed by atoms with van der Waals surface area (Å²) in [5.41, 5.74) is 3.24. The second-order valence-corrected chi connectivity index (χ2v) is 7.43. The molecule has 1 fully saturated rings. The summed E-state index contributed by atoms with van der Waals surface area (Å²) in [4.78, 5) is 22.8. The minimum atomic E-state index is 0.0183. The third-order valence-corrected chi connectivity index (χ3v) is 4.79. The maximum absolute atomic E-state index is 12.5. The number of carbonyl (C=O) groups excluding carboxylic acids is 1. The van der Waals surface area contributed by atoms with Crippen LogP contribution in [0, 0.1) is 12.8 Å². The first-order valence-corrected chi connectivity index (χ1v) is 9.63. The molecule has 0 radical (unpaired) electrons. The van der Waals surface area contributed by atoms with Crippen LogP contribution in [-0.4, -0.2) is 48.2 Å². The molecule has 1 aliphatic heterocycles. The number of aromatic nitrogens is 2. The zero-order valence-electron chi connectivity index (χ0n) is 16.0. The molecule has 1 aromatic carbocycles. The van der Waals surface area contributed by atoms with Crippen molar-refractivity contribution < 1.29 is 9.53 Å². The number of amides is 1. The van der Waals surface area contributed by atoms with E-state index < -0.39 is 0 Å². The molecule has 3 rings (SSSR count). The first kappa shape index (κ1) is 18.7. The Balaban J connectivity index is 1.53. The number of ether oxygens (including phenoxy) is 1. The van der Waals surface area contributed by atoms with Crippen molar-refractivity contribution in [1.29, 1.82) is 0 Å². The fourth-order valence-corrected chi connectivity index (χ4v) is 3.39. The van der Waals surface area contributed by atoms with Crippen LogP contribution in [0.15, 0.2) is 18.2 Å². The number of fused-ring (bicyclic) bond motifs is 1. The zero-order valence-corrected chi connectivity index (χ0v) is 16.0. The molecule has 1 atom stereocenters. The molecule has 1 saturated heterocycles. The summed E-state index contributed by atoms with van der Waals surface area (Å²) in [6.07, 6.45) is 3.03. The third kappa shape index (κ3) is 4.75. The van der Waals surface area contributed by atoms with Gasteiger partial charge >= 0.3 is 0 Å². The molecule has 1 amide bonds. The molecule has 0 spiro atoms. The number of anilines is 1. The van der Waals surface area contributed by atoms with Crippen molar-refractivity contribution in [3.05, 3.63) is 23.8 Å². The molecule has 6 nitrogen and oxygen atoms in total. The number of carbonyl (C=O) groups is 1. The van der Waals surface area contributed by atoms with Gasteiger partial charge in [-0.1, -0.05) is 6.07 Å². The Morgan fingerprint density at radius 2 is 2.31 bits per heavy atom. The Morgan fingerprint density at radius 3 is 3.12 bits per heavy atom. The molecule has 1 aromatic heterocycles. The van der Waals surface area contributed by atoms with Gasteiger partial charge in [0.2, 0.25) is 11.9 Å². The lowest BCUT2D eigenvalue weighted by Crippen LogP contribution is -2.43. The van der Waals surface area contributed by atoms with E-state index in [1.807, 2.05) is 19.9 Å². The van der Waals surface area contributed by atoms with Gasteiger partial charge in [0.15, 0.2) is 0 Å². The number of benzene rings is 1. The maximum Gasteiger partial charge on any atom is 0.224 e. The number of imidazole rings is 1. The maximum atomic E-state index is 12.5. The van der Waals surface area contributed by atoms with Crippen LogP contribution < -0.4 is 10.2 Å². The lowest BCUT2D eigenvalue weighted by atomic mass is 9.97. The van der Waals surface area contributed by atoms with Crippen molar-refractivity contribution in [2.75, 3.05) is 31.1 Å². The highest BCUT2D eigenvalue weighted by Gasteiger charge is 2.27. The van der Waals surface area contributed by atoms with Gasteiger partial charge in [0.25, 0.3) is 0 Å². The Kier molecular flexibility index (Phi) is 6.14. The number of hydrogen-bond acceptors (Lipinski definition) is 4. The van der Waals surface area contributed by atoms with Crippen molar-refractivity contribution in [1.82, 2.24) is 15.3 Å². The first-order valence-electron chi connectivity index (χ1n) is 9.63. The van der Waals surface area contributed by atoms with Crippen LogP contribution in [0.5, 0.6) is 0 Å². The number of nitrogens with one attached hydrogen (secondary N) is 2. The second kappa shape index (κ2) is 8.54. The van der Waals surface area contributed by atoms with Gasteiger partial charge < -0.3 is 19.9 Å². The molecule has 6 heteroatoms. The SMILES string of the molecule is Cc1ccc2nc(N3CCCC(C(=O)NCCCOC(C)C)C3)[nH]c2c1. The minimum Gasteiger partial charge on any atom is -0.379 e. The van der Waals surface area contributed by atoms with Crippen LogP contribution in [0.1, 0.15) is 38.7 Å². The van der Waals surface area contributed by atoms with Gasteiger partial charge in [-0.2, -0.15) is 0 Å². The van der Waals surface area contributed by atoms with Gasteiger partial charge in [0.1, 0.15) is 0 Å². The molecule has 1 unspecified atom stereocenters. The van der Waals surface area contributed by atoms with E-state index in [9.17, 15) is 4.79 Å². The van der Waals surface area contributed by atoms with Gasteiger partial charge in [-0.25, -0.2) is 4.98 Å². The standard InChI is InChI=1S/C20H30N4O2/c1-14(2)26-11-5-9-21-19(25)16-6-4-10-24(13-16)20-22-17-8-7-15(3)12-18(17)23-20/h7-8,12,14,16H,4-6,9-11,13H2,1-3H3,(H,21,25)(H,22,23). The predicted octanol–water partition coefficient (Wildman–Crippen LogP) is 3.02. The van der Waals surface area contributed by atoms with E-state index in [4.69, 9.17) is 9.72 Å². The summed E-state index contributed by atoms with van der Waals surface area (Å²) in [6, 6.07) is 6.22. The lowest BCUT2D eigenvalue weighted by Gasteiger charge is -2.31. The van der Waals surface area contributed by atoms with Crippen LogP contribution >= 0.6 is 0 Å². The molecule has 142 valence electrons. The largest absolute Gasteiger partial charge is 0.379 e. The fourth-order valence-electron chi connectivity index (χ4n) is 3.39. The molecule has 2 N–H and O–H groups in total. The second-order valence-electron chi connectivity index (χ2n) is 7.43. The van der Waals surface area contributed by atoms with E-state index in [2.05, 4.69) is 34.3 Å². The summed E-state index contributed by atoms with van der Waals surface area (Å²) < 4.78 is 5.51. The van der Waals surface area contributed by atoms with Crippen molar-refractivity contribution in [3.63, 3.8) is 0 Å². The third-order valence-electron chi connectivity index (χ3n) is 4.79. The summed E-state index contributed by atoms with van der Waals surface area (Å²) in [5.74, 6) is 1.03. The monoisotopic (exact) mass is 358 g/mol. The van der Waals surface area contributed by atoms with Gasteiger partial charge in [-0.3, -0.25) is 4.79 Å². The van der Waals surface area contributed by atoms with E-state index >= 15 is 0 Å². The van der Waals surface area contributed by atoms with Crippen LogP contribution in [0.3, 0.4) is 0 Å². The van der Waals surface area contributed by atoms with Crippen molar-refractivity contribution in [2.24, 2.45) is 5.92 Å². The van der Waals surface area contributed by atoms with E-state index in [1.165, 1.54) is 5.56 Å². The molecule has 2 aromatic rings. The smallest absolute Gasteiger partial charge is 0.224 e. The Hall–Kier alpha value is -2.08. The summed E-state index contributed by atoms with van der Waals surface area (Å²) in [6.45, 7) is 9.13. The number of nitrogens with zero attached hydrogens (tertiary/aromatic N) is 2. The van der Waals surface area contributed by atoms with Gasteiger partial charge in [0.05, 0.1) is 23.1 Å². The molecule has 0 saturated carbocycles. The molecule has 2 heterocycles. The van der Waals surface area contributed by atoms with Gasteiger partial charge in [-0.05, 0) is 57.7 Å². The summed E-state index contributed by atoms with van der Waals surface area (Å²) in [7, 11) is 0. The molecule has 26 heavy (non-hydrogen) atoms. The number of aromatic amines is 1. The van der Waals surface area contributed by atoms with E-state index in [-0.39, 0.29) is 17.9 Å². The van der Waals surface area contributed by atoms with Crippen LogP contribution in [-0.2, 0) is 9.53 Å². The highest BCUT2D eigenvalue weighted by molar-refractivity contribution is 5.80. The van der Waals surface area contributed by atoms with Gasteiger partial charge in [-0.15, -0.1) is 0 Å².